The van der Waals surface area contributed by atoms with Gasteiger partial charge in [0, 0.05) is 17.6 Å². The van der Waals surface area contributed by atoms with Crippen LogP contribution in [0.4, 0.5) is 0 Å². The Bertz CT molecular complexity index is 1040. The van der Waals surface area contributed by atoms with Gasteiger partial charge in [-0.05, 0) is 12.8 Å². The van der Waals surface area contributed by atoms with E-state index in [1.807, 2.05) is 19.0 Å². The standard InChI is InChI=1S/2C13H9.2C3H9Si.2ClH.H2Si.Zr/c2*1-3-7-12-10(5-1)9-11-6-2-4-8-13(11)12;2*1-4(2)3;;;;/h2*1-5,7-8H,9H2;2*1-3H3;2*1H;1H2;/q2*-1;;;;;;+2. The fraction of sp³-hybridized carbons (Fsp3) is 0.250. The molecule has 4 aromatic carbocycles. The summed E-state index contributed by atoms with van der Waals surface area (Å²) in [6.07, 6.45) is 2.10. The zero-order valence-corrected chi connectivity index (χ0v) is 31.0. The zero-order chi connectivity index (χ0) is 26.5. The second-order valence-corrected chi connectivity index (χ2v) is 15.8. The maximum absolute atomic E-state index is 3.30. The smallest absolute Gasteiger partial charge is 0.0253 e. The number of benzene rings is 4. The van der Waals surface area contributed by atoms with Crippen LogP contribution >= 0.6 is 24.8 Å². The third-order valence-electron chi connectivity index (χ3n) is 5.23. The Balaban J connectivity index is 0.000000520. The van der Waals surface area contributed by atoms with E-state index < -0.39 is 0 Å². The van der Waals surface area contributed by atoms with Crippen LogP contribution in [0, 0.1) is 12.1 Å². The van der Waals surface area contributed by atoms with Crippen molar-refractivity contribution in [3.63, 3.8) is 0 Å². The molecule has 0 unspecified atom stereocenters. The van der Waals surface area contributed by atoms with E-state index in [2.05, 4.69) is 124 Å². The third kappa shape index (κ3) is 11.6. The van der Waals surface area contributed by atoms with Crippen LogP contribution in [-0.4, -0.2) is 24.5 Å². The average Bonchev–Trinajstić information content (AvgIpc) is 3.43. The molecular weight excluding hydrogens is 631 g/mol. The fourth-order valence-corrected chi connectivity index (χ4v) is 4.00. The van der Waals surface area contributed by atoms with Crippen molar-refractivity contribution in [3.8, 4) is 22.3 Å². The Kier molecular flexibility index (Phi) is 19.4. The molecule has 198 valence electrons. The summed E-state index contributed by atoms with van der Waals surface area (Å²) in [5.74, 6) is 0. The van der Waals surface area contributed by atoms with E-state index in [4.69, 9.17) is 0 Å². The Labute approximate surface area is 264 Å². The predicted molar refractivity (Wildman–Crippen MR) is 177 cm³/mol. The second kappa shape index (κ2) is 20.0. The van der Waals surface area contributed by atoms with E-state index in [1.165, 1.54) is 44.5 Å². The first kappa shape index (κ1) is 37.0. The Morgan fingerprint density at radius 3 is 1.16 bits per heavy atom. The number of rotatable bonds is 0. The molecule has 2 radical (unpaired) electrons. The minimum atomic E-state index is 0. The summed E-state index contributed by atoms with van der Waals surface area (Å²) >= 11 is 1.58. The van der Waals surface area contributed by atoms with Crippen LogP contribution in [0.3, 0.4) is 0 Å². The Hall–Kier alpha value is -1.01. The van der Waals surface area contributed by atoms with E-state index in [0.29, 0.717) is 0 Å². The molecule has 0 fully saturated rings. The maximum Gasteiger partial charge on any atom is -0.0253 e. The minimum absolute atomic E-state index is 0. The fourth-order valence-electron chi connectivity index (χ4n) is 4.00. The molecule has 0 saturated heterocycles. The molecule has 0 nitrogen and oxygen atoms in total. The van der Waals surface area contributed by atoms with Crippen LogP contribution in [0.5, 0.6) is 0 Å². The van der Waals surface area contributed by atoms with Gasteiger partial charge in [0.1, 0.15) is 0 Å². The first-order chi connectivity index (χ1) is 17.4. The summed E-state index contributed by atoms with van der Waals surface area (Å²) in [5.41, 5.74) is 11.0. The molecule has 0 spiro atoms. The minimum Gasteiger partial charge on any atom is -0.179 e. The molecule has 0 aromatic heterocycles. The van der Waals surface area contributed by atoms with Gasteiger partial charge in [-0.25, -0.2) is 0 Å². The summed E-state index contributed by atoms with van der Waals surface area (Å²) in [6, 6.07) is 36.2. The average molecular weight is 671 g/mol. The summed E-state index contributed by atoms with van der Waals surface area (Å²) in [6.45, 7) is 15.6. The quantitative estimate of drug-likeness (QED) is 0.112. The van der Waals surface area contributed by atoms with Gasteiger partial charge in [-0.15, -0.1) is 35.9 Å². The largest absolute Gasteiger partial charge is 0.179 e. The van der Waals surface area contributed by atoms with Gasteiger partial charge in [-0.1, -0.05) is 110 Å². The van der Waals surface area contributed by atoms with Crippen molar-refractivity contribution < 1.29 is 23.3 Å². The molecule has 0 aliphatic heterocycles. The monoisotopic (exact) mass is 668 g/mol. The molecule has 0 amide bonds. The zero-order valence-electron chi connectivity index (χ0n) is 23.5. The van der Waals surface area contributed by atoms with Gasteiger partial charge in [0.2, 0.25) is 0 Å². The van der Waals surface area contributed by atoms with Crippen LogP contribution in [0.15, 0.2) is 84.9 Å². The first-order valence-corrected chi connectivity index (χ1v) is 24.3. The molecule has 0 heterocycles. The van der Waals surface area contributed by atoms with Gasteiger partial charge >= 0.3 is 30.2 Å². The van der Waals surface area contributed by atoms with Crippen molar-refractivity contribution in [3.05, 3.63) is 119 Å². The van der Waals surface area contributed by atoms with E-state index in [1.54, 1.807) is 23.3 Å². The van der Waals surface area contributed by atoms with Crippen molar-refractivity contribution in [2.24, 2.45) is 0 Å². The van der Waals surface area contributed by atoms with E-state index in [-0.39, 0.29) is 42.4 Å². The van der Waals surface area contributed by atoms with Crippen molar-refractivity contribution in [1.82, 2.24) is 0 Å². The molecule has 0 saturated carbocycles. The molecule has 6 heteroatoms. The van der Waals surface area contributed by atoms with Gasteiger partial charge in [-0.3, -0.25) is 0 Å². The van der Waals surface area contributed by atoms with Crippen LogP contribution in [-0.2, 0) is 36.2 Å². The van der Waals surface area contributed by atoms with E-state index in [0.717, 1.165) is 12.8 Å². The summed E-state index contributed by atoms with van der Waals surface area (Å²) in [7, 11) is 0.241. The number of halogens is 2. The topological polar surface area (TPSA) is 0 Å². The summed E-state index contributed by atoms with van der Waals surface area (Å²) in [5, 5.41) is 0. The molecule has 0 N–H and O–H groups in total. The first-order valence-electron chi connectivity index (χ1n) is 12.4. The van der Waals surface area contributed by atoms with Crippen LogP contribution < -0.4 is 0 Å². The summed E-state index contributed by atoms with van der Waals surface area (Å²) < 4.78 is 0. The normalized spacial score (nSPS) is 10.5. The Morgan fingerprint density at radius 2 is 0.816 bits per heavy atom. The number of fused-ring (bicyclic) bond motifs is 6. The van der Waals surface area contributed by atoms with Crippen LogP contribution in [0.25, 0.3) is 22.3 Å². The SMILES string of the molecule is C[Si](C)C.C[Si](C)C.Cl.Cl.[SiH2]=[Zr+2].[c-]1cccc2c1Cc1ccccc1-2.[c-]1cccc2c1Cc1ccccc1-2. The maximum atomic E-state index is 3.30. The molecule has 0 bridgehead atoms. The van der Waals surface area contributed by atoms with Gasteiger partial charge in [0.15, 0.2) is 0 Å². The van der Waals surface area contributed by atoms with Crippen molar-refractivity contribution in [2.45, 2.75) is 52.1 Å². The van der Waals surface area contributed by atoms with E-state index >= 15 is 0 Å². The molecule has 4 aromatic rings. The number of hydrogen-bond acceptors (Lipinski definition) is 0. The number of hydrogen-bond donors (Lipinski definition) is 0. The van der Waals surface area contributed by atoms with Gasteiger partial charge in [0.05, 0.1) is 0 Å². The molecule has 2 aliphatic rings. The Morgan fingerprint density at radius 1 is 0.526 bits per heavy atom. The van der Waals surface area contributed by atoms with Crippen molar-refractivity contribution in [1.29, 1.82) is 0 Å². The predicted octanol–water partition coefficient (Wildman–Crippen LogP) is 8.78. The van der Waals surface area contributed by atoms with Gasteiger partial charge in [-0.2, -0.15) is 59.7 Å². The van der Waals surface area contributed by atoms with E-state index in [9.17, 15) is 0 Å². The molecule has 38 heavy (non-hydrogen) atoms. The molecule has 0 atom stereocenters. The van der Waals surface area contributed by atoms with Crippen molar-refractivity contribution >= 4 is 49.3 Å². The molecular formula is C32H40Cl2Si3Zr. The third-order valence-corrected chi connectivity index (χ3v) is 5.23. The van der Waals surface area contributed by atoms with Crippen LogP contribution in [0.2, 0.25) is 39.3 Å². The molecule has 2 aliphatic carbocycles. The van der Waals surface area contributed by atoms with Crippen molar-refractivity contribution in [2.75, 3.05) is 0 Å². The summed E-state index contributed by atoms with van der Waals surface area (Å²) in [4.78, 5) is 0. The van der Waals surface area contributed by atoms with Gasteiger partial charge < -0.3 is 0 Å². The second-order valence-electron chi connectivity index (χ2n) is 9.79. The van der Waals surface area contributed by atoms with Gasteiger partial charge in [0.25, 0.3) is 0 Å². The van der Waals surface area contributed by atoms with Crippen LogP contribution in [0.1, 0.15) is 22.3 Å². The molecule has 6 rings (SSSR count).